The molecular formula is C12H8N2O5. The molecular weight excluding hydrogens is 252 g/mol. The third-order valence-electron chi connectivity index (χ3n) is 2.26. The van der Waals surface area contributed by atoms with E-state index in [-0.39, 0.29) is 22.9 Å². The van der Waals surface area contributed by atoms with Gasteiger partial charge in [-0.2, -0.15) is 0 Å². The molecule has 0 aliphatic heterocycles. The van der Waals surface area contributed by atoms with Gasteiger partial charge in [-0.25, -0.2) is 9.78 Å². The molecule has 0 aliphatic carbocycles. The van der Waals surface area contributed by atoms with Gasteiger partial charge in [0.1, 0.15) is 11.3 Å². The van der Waals surface area contributed by atoms with Crippen LogP contribution in [0, 0.1) is 10.1 Å². The van der Waals surface area contributed by atoms with Crippen molar-refractivity contribution in [1.82, 2.24) is 4.98 Å². The first-order valence-electron chi connectivity index (χ1n) is 5.18. The summed E-state index contributed by atoms with van der Waals surface area (Å²) >= 11 is 0. The lowest BCUT2D eigenvalue weighted by Crippen LogP contribution is -2.01. The monoisotopic (exact) mass is 260 g/mol. The molecule has 2 rings (SSSR count). The van der Waals surface area contributed by atoms with Crippen LogP contribution >= 0.6 is 0 Å². The molecule has 0 amide bonds. The lowest BCUT2D eigenvalue weighted by molar-refractivity contribution is -0.384. The summed E-state index contributed by atoms with van der Waals surface area (Å²) in [5, 5.41) is 19.4. The highest BCUT2D eigenvalue weighted by atomic mass is 16.6. The molecule has 0 radical (unpaired) electrons. The summed E-state index contributed by atoms with van der Waals surface area (Å²) in [6, 6.07) is 8.11. The minimum Gasteiger partial charge on any atom is -0.477 e. The SMILES string of the molecule is O=C(O)c1cccnc1Oc1ccc([N+](=O)[O-])cc1. The molecule has 0 fully saturated rings. The van der Waals surface area contributed by atoms with Crippen molar-refractivity contribution in [2.24, 2.45) is 0 Å². The molecule has 7 nitrogen and oxygen atoms in total. The van der Waals surface area contributed by atoms with Gasteiger partial charge in [-0.3, -0.25) is 10.1 Å². The molecule has 2 aromatic rings. The Labute approximate surface area is 107 Å². The second-order valence-corrected chi connectivity index (χ2v) is 3.51. The Morgan fingerprint density at radius 3 is 2.53 bits per heavy atom. The lowest BCUT2D eigenvalue weighted by atomic mass is 10.2. The summed E-state index contributed by atoms with van der Waals surface area (Å²) in [7, 11) is 0. The van der Waals surface area contributed by atoms with Gasteiger partial charge in [0, 0.05) is 18.3 Å². The Balaban J connectivity index is 2.26. The van der Waals surface area contributed by atoms with E-state index in [9.17, 15) is 14.9 Å². The van der Waals surface area contributed by atoms with Crippen LogP contribution in [0.15, 0.2) is 42.6 Å². The molecule has 19 heavy (non-hydrogen) atoms. The van der Waals surface area contributed by atoms with Crippen molar-refractivity contribution in [3.63, 3.8) is 0 Å². The maximum atomic E-state index is 10.9. The number of rotatable bonds is 4. The smallest absolute Gasteiger partial charge is 0.341 e. The number of carbonyl (C=O) groups is 1. The van der Waals surface area contributed by atoms with Crippen LogP contribution in [0.5, 0.6) is 11.6 Å². The van der Waals surface area contributed by atoms with E-state index in [1.165, 1.54) is 42.6 Å². The number of pyridine rings is 1. The van der Waals surface area contributed by atoms with E-state index in [4.69, 9.17) is 9.84 Å². The molecule has 0 atom stereocenters. The average Bonchev–Trinajstić information content (AvgIpc) is 2.39. The van der Waals surface area contributed by atoms with Gasteiger partial charge in [0.15, 0.2) is 0 Å². The first-order valence-corrected chi connectivity index (χ1v) is 5.18. The number of ether oxygens (including phenoxy) is 1. The standard InChI is InChI=1S/C12H8N2O5/c15-12(16)10-2-1-7-13-11(10)19-9-5-3-8(4-6-9)14(17)18/h1-7H,(H,15,16). The van der Waals surface area contributed by atoms with Gasteiger partial charge in [-0.15, -0.1) is 0 Å². The predicted octanol–water partition coefficient (Wildman–Crippen LogP) is 2.48. The van der Waals surface area contributed by atoms with Crippen LogP contribution in [0.4, 0.5) is 5.69 Å². The second-order valence-electron chi connectivity index (χ2n) is 3.51. The molecule has 1 N–H and O–H groups in total. The van der Waals surface area contributed by atoms with E-state index in [1.807, 2.05) is 0 Å². The van der Waals surface area contributed by atoms with E-state index in [0.29, 0.717) is 0 Å². The van der Waals surface area contributed by atoms with Gasteiger partial charge in [0.25, 0.3) is 5.69 Å². The zero-order valence-corrected chi connectivity index (χ0v) is 9.52. The van der Waals surface area contributed by atoms with Crippen LogP contribution in [-0.4, -0.2) is 21.0 Å². The van der Waals surface area contributed by atoms with Crippen molar-refractivity contribution in [3.05, 3.63) is 58.3 Å². The molecule has 0 aliphatic rings. The molecule has 1 aromatic heterocycles. The molecule has 0 bridgehead atoms. The number of hydrogen-bond acceptors (Lipinski definition) is 5. The van der Waals surface area contributed by atoms with Crippen molar-refractivity contribution >= 4 is 11.7 Å². The summed E-state index contributed by atoms with van der Waals surface area (Å²) in [5.74, 6) is -0.958. The zero-order chi connectivity index (χ0) is 13.8. The van der Waals surface area contributed by atoms with Gasteiger partial charge >= 0.3 is 5.97 Å². The zero-order valence-electron chi connectivity index (χ0n) is 9.52. The van der Waals surface area contributed by atoms with E-state index >= 15 is 0 Å². The largest absolute Gasteiger partial charge is 0.477 e. The van der Waals surface area contributed by atoms with Gasteiger partial charge in [-0.1, -0.05) is 0 Å². The molecule has 96 valence electrons. The Bertz CT molecular complexity index is 624. The summed E-state index contributed by atoms with van der Waals surface area (Å²) in [6.45, 7) is 0. The number of nitro benzene ring substituents is 1. The van der Waals surface area contributed by atoms with E-state index in [2.05, 4.69) is 4.98 Å². The Hall–Kier alpha value is -2.96. The molecule has 1 aromatic carbocycles. The summed E-state index contributed by atoms with van der Waals surface area (Å²) in [4.78, 5) is 24.7. The number of non-ortho nitro benzene ring substituents is 1. The Morgan fingerprint density at radius 1 is 1.26 bits per heavy atom. The normalized spacial score (nSPS) is 9.89. The molecule has 0 spiro atoms. The summed E-state index contributed by atoms with van der Waals surface area (Å²) in [6.07, 6.45) is 1.40. The topological polar surface area (TPSA) is 103 Å². The molecule has 1 heterocycles. The van der Waals surface area contributed by atoms with E-state index in [0.717, 1.165) is 0 Å². The van der Waals surface area contributed by atoms with Gasteiger partial charge < -0.3 is 9.84 Å². The fraction of sp³-hybridized carbons (Fsp3) is 0. The average molecular weight is 260 g/mol. The number of carboxylic acids is 1. The number of aromatic carboxylic acids is 1. The van der Waals surface area contributed by atoms with Crippen molar-refractivity contribution in [1.29, 1.82) is 0 Å². The Morgan fingerprint density at radius 2 is 1.95 bits per heavy atom. The second kappa shape index (κ2) is 5.13. The highest BCUT2D eigenvalue weighted by molar-refractivity contribution is 5.90. The van der Waals surface area contributed by atoms with Crippen molar-refractivity contribution in [2.45, 2.75) is 0 Å². The van der Waals surface area contributed by atoms with Crippen LogP contribution in [0.25, 0.3) is 0 Å². The number of carboxylic acid groups (broad SMARTS) is 1. The highest BCUT2D eigenvalue weighted by Crippen LogP contribution is 2.24. The van der Waals surface area contributed by atoms with Crippen molar-refractivity contribution in [2.75, 3.05) is 0 Å². The lowest BCUT2D eigenvalue weighted by Gasteiger charge is -2.06. The van der Waals surface area contributed by atoms with Gasteiger partial charge in [0.05, 0.1) is 4.92 Å². The van der Waals surface area contributed by atoms with E-state index in [1.54, 1.807) is 0 Å². The first kappa shape index (κ1) is 12.5. The Kier molecular flexibility index (Phi) is 3.37. The van der Waals surface area contributed by atoms with E-state index < -0.39 is 10.9 Å². The minimum atomic E-state index is -1.16. The van der Waals surface area contributed by atoms with Crippen molar-refractivity contribution in [3.8, 4) is 11.6 Å². The summed E-state index contributed by atoms with van der Waals surface area (Å²) < 4.78 is 5.29. The highest BCUT2D eigenvalue weighted by Gasteiger charge is 2.13. The van der Waals surface area contributed by atoms with Gasteiger partial charge in [0.2, 0.25) is 5.88 Å². The van der Waals surface area contributed by atoms with Crippen molar-refractivity contribution < 1.29 is 19.6 Å². The molecule has 7 heteroatoms. The van der Waals surface area contributed by atoms with Crippen LogP contribution in [0.3, 0.4) is 0 Å². The third-order valence-corrected chi connectivity index (χ3v) is 2.26. The van der Waals surface area contributed by atoms with Crippen LogP contribution in [0.1, 0.15) is 10.4 Å². The summed E-state index contributed by atoms with van der Waals surface area (Å²) in [5.41, 5.74) is -0.160. The molecule has 0 unspecified atom stereocenters. The number of aromatic nitrogens is 1. The minimum absolute atomic E-state index is 0.0659. The quantitative estimate of drug-likeness (QED) is 0.669. The van der Waals surface area contributed by atoms with Gasteiger partial charge in [-0.05, 0) is 24.3 Å². The number of nitro groups is 1. The fourth-order valence-corrected chi connectivity index (χ4v) is 1.38. The maximum absolute atomic E-state index is 10.9. The first-order chi connectivity index (χ1) is 9.08. The number of benzene rings is 1. The predicted molar refractivity (Wildman–Crippen MR) is 64.4 cm³/mol. The molecule has 0 saturated heterocycles. The number of hydrogen-bond donors (Lipinski definition) is 1. The third kappa shape index (κ3) is 2.83. The number of nitrogens with zero attached hydrogens (tertiary/aromatic N) is 2. The van der Waals surface area contributed by atoms with Crippen LogP contribution in [0.2, 0.25) is 0 Å². The van der Waals surface area contributed by atoms with Crippen LogP contribution in [-0.2, 0) is 0 Å². The fourth-order valence-electron chi connectivity index (χ4n) is 1.38. The molecule has 0 saturated carbocycles. The van der Waals surface area contributed by atoms with Crippen LogP contribution < -0.4 is 4.74 Å². The maximum Gasteiger partial charge on any atom is 0.341 e.